The van der Waals surface area contributed by atoms with Crippen LogP contribution in [0.5, 0.6) is 5.75 Å². The van der Waals surface area contributed by atoms with Gasteiger partial charge in [0.2, 0.25) is 5.95 Å². The topological polar surface area (TPSA) is 75.5 Å². The van der Waals surface area contributed by atoms with E-state index in [0.29, 0.717) is 37.0 Å². The van der Waals surface area contributed by atoms with E-state index in [-0.39, 0.29) is 11.6 Å². The molecule has 4 rings (SSSR count). The fourth-order valence-electron chi connectivity index (χ4n) is 4.23. The molecule has 1 saturated heterocycles. The predicted octanol–water partition coefficient (Wildman–Crippen LogP) is 6.10. The number of anilines is 1. The Balaban J connectivity index is 1.51. The quantitative estimate of drug-likeness (QED) is 0.365. The molecular formula is C27H30BrN3O3. The third kappa shape index (κ3) is 5.95. The van der Waals surface area contributed by atoms with Crippen molar-refractivity contribution in [3.8, 4) is 5.75 Å². The Kier molecular flexibility index (Phi) is 7.83. The molecule has 0 saturated carbocycles. The molecule has 1 aromatic heterocycles. The van der Waals surface area contributed by atoms with Crippen molar-refractivity contribution in [3.05, 3.63) is 81.6 Å². The fourth-order valence-corrected chi connectivity index (χ4v) is 4.49. The zero-order valence-electron chi connectivity index (χ0n) is 19.6. The molecule has 0 aliphatic carbocycles. The van der Waals surface area contributed by atoms with E-state index in [4.69, 9.17) is 9.72 Å². The highest BCUT2D eigenvalue weighted by Crippen LogP contribution is 2.35. The number of aromatic nitrogens is 2. The molecule has 1 atom stereocenters. The van der Waals surface area contributed by atoms with Crippen LogP contribution in [-0.4, -0.2) is 34.2 Å². The number of halogens is 1. The van der Waals surface area contributed by atoms with Crippen molar-refractivity contribution in [3.63, 3.8) is 0 Å². The van der Waals surface area contributed by atoms with Gasteiger partial charge in [-0.2, -0.15) is 0 Å². The van der Waals surface area contributed by atoms with Crippen LogP contribution in [0.3, 0.4) is 0 Å². The van der Waals surface area contributed by atoms with E-state index in [0.717, 1.165) is 35.2 Å². The molecule has 178 valence electrons. The average Bonchev–Trinajstić information content (AvgIpc) is 3.32. The van der Waals surface area contributed by atoms with Gasteiger partial charge in [-0.25, -0.2) is 14.8 Å². The van der Waals surface area contributed by atoms with Crippen molar-refractivity contribution in [2.24, 2.45) is 5.92 Å². The van der Waals surface area contributed by atoms with E-state index < -0.39 is 5.97 Å². The number of carboxylic acid groups (broad SMARTS) is 1. The molecule has 6 nitrogen and oxygen atoms in total. The third-order valence-corrected chi connectivity index (χ3v) is 6.54. The first-order valence-electron chi connectivity index (χ1n) is 11.7. The van der Waals surface area contributed by atoms with Gasteiger partial charge in [0, 0.05) is 17.2 Å². The Morgan fingerprint density at radius 1 is 1.15 bits per heavy atom. The van der Waals surface area contributed by atoms with Gasteiger partial charge in [0.05, 0.1) is 23.9 Å². The smallest absolute Gasteiger partial charge is 0.339 e. The minimum Gasteiger partial charge on any atom is -0.493 e. The molecule has 0 amide bonds. The second kappa shape index (κ2) is 11.0. The van der Waals surface area contributed by atoms with E-state index in [2.05, 4.69) is 51.8 Å². The van der Waals surface area contributed by atoms with Gasteiger partial charge in [-0.1, -0.05) is 54.0 Å². The fraction of sp³-hybridized carbons (Fsp3) is 0.370. The van der Waals surface area contributed by atoms with E-state index in [9.17, 15) is 9.90 Å². The van der Waals surface area contributed by atoms with Crippen molar-refractivity contribution in [2.75, 3.05) is 18.1 Å². The van der Waals surface area contributed by atoms with Gasteiger partial charge in [0.15, 0.2) is 0 Å². The number of carbonyl (C=O) groups is 1. The summed E-state index contributed by atoms with van der Waals surface area (Å²) in [6, 6.07) is 16.5. The highest BCUT2D eigenvalue weighted by atomic mass is 79.9. The van der Waals surface area contributed by atoms with Gasteiger partial charge in [-0.15, -0.1) is 0 Å². The van der Waals surface area contributed by atoms with E-state index in [1.54, 1.807) is 0 Å². The first kappa shape index (κ1) is 24.2. The molecule has 1 N–H and O–H groups in total. The maximum absolute atomic E-state index is 11.8. The lowest BCUT2D eigenvalue weighted by Crippen LogP contribution is -2.25. The summed E-state index contributed by atoms with van der Waals surface area (Å²) >= 11 is 3.50. The molecule has 0 radical (unpaired) electrons. The molecule has 2 aromatic carbocycles. The lowest BCUT2D eigenvalue weighted by atomic mass is 10.0. The van der Waals surface area contributed by atoms with Crippen molar-refractivity contribution >= 4 is 27.8 Å². The Morgan fingerprint density at radius 2 is 1.88 bits per heavy atom. The second-order valence-electron chi connectivity index (χ2n) is 9.09. The van der Waals surface area contributed by atoms with Crippen LogP contribution in [0.1, 0.15) is 59.9 Å². The average molecular weight is 524 g/mol. The summed E-state index contributed by atoms with van der Waals surface area (Å²) in [5.74, 6) is 0.925. The van der Waals surface area contributed by atoms with Crippen molar-refractivity contribution in [1.29, 1.82) is 0 Å². The van der Waals surface area contributed by atoms with Crippen molar-refractivity contribution < 1.29 is 14.6 Å². The molecule has 34 heavy (non-hydrogen) atoms. The van der Waals surface area contributed by atoms with Crippen LogP contribution in [-0.2, 0) is 12.8 Å². The van der Waals surface area contributed by atoms with Gasteiger partial charge in [-0.3, -0.25) is 0 Å². The van der Waals surface area contributed by atoms with Crippen molar-refractivity contribution in [1.82, 2.24) is 9.97 Å². The number of hydrogen-bond donors (Lipinski definition) is 1. The number of benzene rings is 2. The van der Waals surface area contributed by atoms with Crippen LogP contribution in [0.2, 0.25) is 0 Å². The summed E-state index contributed by atoms with van der Waals surface area (Å²) < 4.78 is 6.80. The maximum atomic E-state index is 11.8. The Bertz CT molecular complexity index is 1120. The number of ether oxygens (including phenoxy) is 1. The largest absolute Gasteiger partial charge is 0.493 e. The standard InChI is InChI=1S/C27H30BrN3O3/c1-18(2)17-34-22-12-5-19(6-13-22)7-14-24-23(26(32)33)16-29-27(30-24)31-15-3-4-25(31)20-8-10-21(28)11-9-20/h5-6,8-13,16,18,25H,3-4,7,14-15,17H2,1-2H3,(H,32,33)/t25-/m1/s1. The Hall–Kier alpha value is -2.93. The molecule has 3 aromatic rings. The number of aryl methyl sites for hydroxylation is 2. The first-order chi connectivity index (χ1) is 16.4. The summed E-state index contributed by atoms with van der Waals surface area (Å²) in [5.41, 5.74) is 3.06. The van der Waals surface area contributed by atoms with Crippen LogP contribution in [0.25, 0.3) is 0 Å². The molecule has 1 aliphatic heterocycles. The van der Waals surface area contributed by atoms with Crippen LogP contribution in [0.4, 0.5) is 5.95 Å². The summed E-state index contributed by atoms with van der Waals surface area (Å²) in [6.45, 7) is 5.77. The molecular weight excluding hydrogens is 494 g/mol. The van der Waals surface area contributed by atoms with Crippen LogP contribution < -0.4 is 9.64 Å². The molecule has 0 unspecified atom stereocenters. The van der Waals surface area contributed by atoms with Crippen LogP contribution >= 0.6 is 15.9 Å². The summed E-state index contributed by atoms with van der Waals surface area (Å²) in [5, 5.41) is 9.70. The highest BCUT2D eigenvalue weighted by molar-refractivity contribution is 9.10. The Morgan fingerprint density at radius 3 is 2.56 bits per heavy atom. The normalized spacial score (nSPS) is 15.6. The summed E-state index contributed by atoms with van der Waals surface area (Å²) in [7, 11) is 0. The van der Waals surface area contributed by atoms with E-state index >= 15 is 0 Å². The molecule has 0 bridgehead atoms. The van der Waals surface area contributed by atoms with E-state index in [1.807, 2.05) is 36.4 Å². The van der Waals surface area contributed by atoms with Gasteiger partial charge in [0.25, 0.3) is 0 Å². The minimum atomic E-state index is -0.995. The van der Waals surface area contributed by atoms with Gasteiger partial charge in [0.1, 0.15) is 5.75 Å². The second-order valence-corrected chi connectivity index (χ2v) is 10.0. The van der Waals surface area contributed by atoms with Crippen LogP contribution in [0.15, 0.2) is 59.2 Å². The number of carboxylic acids is 1. The van der Waals surface area contributed by atoms with Gasteiger partial charge < -0.3 is 14.7 Å². The van der Waals surface area contributed by atoms with Crippen LogP contribution in [0, 0.1) is 5.92 Å². The minimum absolute atomic E-state index is 0.167. The lowest BCUT2D eigenvalue weighted by Gasteiger charge is -2.25. The maximum Gasteiger partial charge on any atom is 0.339 e. The monoisotopic (exact) mass is 523 g/mol. The van der Waals surface area contributed by atoms with Gasteiger partial charge >= 0.3 is 5.97 Å². The molecule has 7 heteroatoms. The summed E-state index contributed by atoms with van der Waals surface area (Å²) in [6.07, 6.45) is 4.74. The molecule has 1 fully saturated rings. The zero-order valence-corrected chi connectivity index (χ0v) is 21.2. The Labute approximate surface area is 209 Å². The summed E-state index contributed by atoms with van der Waals surface area (Å²) in [4.78, 5) is 23.2. The highest BCUT2D eigenvalue weighted by Gasteiger charge is 2.29. The number of hydrogen-bond acceptors (Lipinski definition) is 5. The number of aromatic carboxylic acids is 1. The predicted molar refractivity (Wildman–Crippen MR) is 137 cm³/mol. The SMILES string of the molecule is CC(C)COc1ccc(CCc2nc(N3CCC[C@@H]3c3ccc(Br)cc3)ncc2C(=O)O)cc1. The molecule has 0 spiro atoms. The van der Waals surface area contributed by atoms with Crippen molar-refractivity contribution in [2.45, 2.75) is 45.6 Å². The van der Waals surface area contributed by atoms with E-state index in [1.165, 1.54) is 11.8 Å². The lowest BCUT2D eigenvalue weighted by molar-refractivity contribution is 0.0694. The molecule has 2 heterocycles. The molecule has 1 aliphatic rings. The number of nitrogens with zero attached hydrogens (tertiary/aromatic N) is 3. The van der Waals surface area contributed by atoms with Gasteiger partial charge in [-0.05, 0) is 67.0 Å². The number of rotatable bonds is 9. The first-order valence-corrected chi connectivity index (χ1v) is 12.5. The third-order valence-electron chi connectivity index (χ3n) is 6.01. The zero-order chi connectivity index (χ0) is 24.1.